The lowest BCUT2D eigenvalue weighted by Gasteiger charge is -2.21. The molecule has 21 heavy (non-hydrogen) atoms. The number of carbonyl (C=O) groups excluding carboxylic acids is 2. The molecule has 6 heteroatoms. The number of oxazole rings is 1. The van der Waals surface area contributed by atoms with E-state index in [2.05, 4.69) is 15.0 Å². The summed E-state index contributed by atoms with van der Waals surface area (Å²) in [7, 11) is 1.27. The lowest BCUT2D eigenvalue weighted by atomic mass is 10.1. The zero-order chi connectivity index (χ0) is 15.5. The van der Waals surface area contributed by atoms with Crippen molar-refractivity contribution in [2.45, 2.75) is 19.4 Å². The number of hydrogen-bond donors (Lipinski definition) is 1. The highest BCUT2D eigenvalue weighted by atomic mass is 16.5. The molecular formula is C15H16N2O4. The number of nitrogens with zero attached hydrogens (tertiary/aromatic N) is 1. The highest BCUT2D eigenvalue weighted by molar-refractivity contribution is 5.95. The number of ether oxygens (including phenoxy) is 1. The minimum Gasteiger partial charge on any atom is -0.467 e. The average molecular weight is 288 g/mol. The number of esters is 1. The van der Waals surface area contributed by atoms with Crippen molar-refractivity contribution in [3.63, 3.8) is 0 Å². The Labute approximate surface area is 121 Å². The normalized spacial score (nSPS) is 11.8. The molecule has 0 aliphatic carbocycles. The number of hydrogen-bond acceptors (Lipinski definition) is 5. The van der Waals surface area contributed by atoms with Crippen LogP contribution in [0, 0.1) is 0 Å². The maximum atomic E-state index is 11.8. The summed E-state index contributed by atoms with van der Waals surface area (Å²) < 4.78 is 10.1. The van der Waals surface area contributed by atoms with Crippen LogP contribution < -0.4 is 5.32 Å². The number of fused-ring (bicyclic) bond motifs is 1. The van der Waals surface area contributed by atoms with Gasteiger partial charge >= 0.3 is 5.97 Å². The van der Waals surface area contributed by atoms with Gasteiger partial charge in [-0.3, -0.25) is 4.79 Å². The van der Waals surface area contributed by atoms with E-state index in [4.69, 9.17) is 4.42 Å². The van der Waals surface area contributed by atoms with Gasteiger partial charge in [-0.1, -0.05) is 12.1 Å². The Balaban J connectivity index is 2.06. The first-order valence-electron chi connectivity index (χ1n) is 6.36. The molecule has 0 radical (unpaired) electrons. The number of amides is 1. The summed E-state index contributed by atoms with van der Waals surface area (Å²) in [5.41, 5.74) is 0.261. The van der Waals surface area contributed by atoms with Gasteiger partial charge in [0.2, 0.25) is 11.8 Å². The van der Waals surface area contributed by atoms with Gasteiger partial charge in [0.25, 0.3) is 0 Å². The number of benzene rings is 1. The summed E-state index contributed by atoms with van der Waals surface area (Å²) in [5.74, 6) is -0.638. The molecule has 1 aromatic carbocycles. The molecule has 2 rings (SSSR count). The first-order valence-corrected chi connectivity index (χ1v) is 6.36. The molecule has 1 amide bonds. The summed E-state index contributed by atoms with van der Waals surface area (Å²) in [6.07, 6.45) is 2.71. The number of aromatic nitrogens is 1. The number of rotatable bonds is 4. The molecule has 6 nitrogen and oxygen atoms in total. The molecule has 1 N–H and O–H groups in total. The van der Waals surface area contributed by atoms with Crippen LogP contribution in [-0.4, -0.2) is 29.5 Å². The van der Waals surface area contributed by atoms with E-state index in [9.17, 15) is 9.59 Å². The Bertz CT molecular complexity index is 668. The highest BCUT2D eigenvalue weighted by Gasteiger charge is 2.29. The van der Waals surface area contributed by atoms with E-state index in [1.165, 1.54) is 19.3 Å². The Morgan fingerprint density at radius 2 is 2.05 bits per heavy atom. The summed E-state index contributed by atoms with van der Waals surface area (Å²) in [4.78, 5) is 27.5. The van der Waals surface area contributed by atoms with Crippen molar-refractivity contribution < 1.29 is 18.7 Å². The van der Waals surface area contributed by atoms with Gasteiger partial charge in [0.1, 0.15) is 11.1 Å². The van der Waals surface area contributed by atoms with E-state index in [0.717, 1.165) is 0 Å². The largest absolute Gasteiger partial charge is 0.467 e. The van der Waals surface area contributed by atoms with Gasteiger partial charge in [0.15, 0.2) is 5.58 Å². The smallest absolute Gasteiger partial charge is 0.330 e. The Morgan fingerprint density at radius 1 is 1.33 bits per heavy atom. The molecule has 1 heterocycles. The van der Waals surface area contributed by atoms with Crippen LogP contribution in [-0.2, 0) is 14.3 Å². The van der Waals surface area contributed by atoms with Gasteiger partial charge in [-0.05, 0) is 26.0 Å². The Hall–Kier alpha value is -2.63. The van der Waals surface area contributed by atoms with Crippen LogP contribution in [0.1, 0.15) is 19.7 Å². The molecule has 110 valence electrons. The van der Waals surface area contributed by atoms with E-state index in [-0.39, 0.29) is 0 Å². The Morgan fingerprint density at radius 3 is 2.71 bits per heavy atom. The number of nitrogens with one attached hydrogen (secondary N) is 1. The van der Waals surface area contributed by atoms with Crippen molar-refractivity contribution in [3.8, 4) is 0 Å². The fraction of sp³-hybridized carbons (Fsp3) is 0.267. The van der Waals surface area contributed by atoms with Gasteiger partial charge < -0.3 is 14.5 Å². The molecule has 1 aromatic heterocycles. The number of carbonyl (C=O) groups is 2. The van der Waals surface area contributed by atoms with Gasteiger partial charge in [0, 0.05) is 12.2 Å². The minimum atomic E-state index is -1.10. The van der Waals surface area contributed by atoms with Gasteiger partial charge in [-0.15, -0.1) is 0 Å². The molecule has 0 saturated heterocycles. The second-order valence-corrected chi connectivity index (χ2v) is 4.96. The van der Waals surface area contributed by atoms with Crippen LogP contribution >= 0.6 is 0 Å². The number of methoxy groups -OCH3 is 1. The maximum Gasteiger partial charge on any atom is 0.330 e. The van der Waals surface area contributed by atoms with Crippen LogP contribution in [0.4, 0.5) is 0 Å². The molecule has 0 saturated carbocycles. The summed E-state index contributed by atoms with van der Waals surface area (Å²) >= 11 is 0. The second-order valence-electron chi connectivity index (χ2n) is 4.96. The van der Waals surface area contributed by atoms with Crippen molar-refractivity contribution in [1.29, 1.82) is 0 Å². The minimum absolute atomic E-state index is 0.322. The maximum absolute atomic E-state index is 11.8. The van der Waals surface area contributed by atoms with Crippen molar-refractivity contribution in [3.05, 3.63) is 36.2 Å². The summed E-state index contributed by atoms with van der Waals surface area (Å²) in [6.45, 7) is 3.12. The molecule has 0 fully saturated rings. The van der Waals surface area contributed by atoms with Crippen molar-refractivity contribution >= 4 is 29.1 Å². The van der Waals surface area contributed by atoms with E-state index >= 15 is 0 Å². The summed E-state index contributed by atoms with van der Waals surface area (Å²) in [5, 5.41) is 2.54. The van der Waals surface area contributed by atoms with Crippen LogP contribution in [0.2, 0.25) is 0 Å². The first kappa shape index (κ1) is 14.8. The van der Waals surface area contributed by atoms with Gasteiger partial charge in [-0.2, -0.15) is 0 Å². The van der Waals surface area contributed by atoms with Crippen LogP contribution in [0.25, 0.3) is 17.2 Å². The van der Waals surface area contributed by atoms with Crippen LogP contribution in [0.15, 0.2) is 34.8 Å². The van der Waals surface area contributed by atoms with Gasteiger partial charge in [0.05, 0.1) is 7.11 Å². The van der Waals surface area contributed by atoms with E-state index < -0.39 is 17.4 Å². The predicted molar refractivity (Wildman–Crippen MR) is 77.3 cm³/mol. The average Bonchev–Trinajstić information content (AvgIpc) is 2.86. The monoisotopic (exact) mass is 288 g/mol. The van der Waals surface area contributed by atoms with Crippen molar-refractivity contribution in [2.75, 3.05) is 7.11 Å². The predicted octanol–water partition coefficient (Wildman–Crippen LogP) is 1.91. The molecule has 0 atom stereocenters. The standard InChI is InChI=1S/C15H16N2O4/c1-15(2,14(19)20-3)17-12(18)8-9-13-16-10-6-4-5-7-11(10)21-13/h4-9H,1-3H3,(H,17,18)/b9-8+. The third-order valence-corrected chi connectivity index (χ3v) is 2.82. The van der Waals surface area contributed by atoms with Gasteiger partial charge in [-0.25, -0.2) is 9.78 Å². The Kier molecular flexibility index (Phi) is 4.07. The lowest BCUT2D eigenvalue weighted by molar-refractivity contribution is -0.148. The van der Waals surface area contributed by atoms with Crippen molar-refractivity contribution in [2.24, 2.45) is 0 Å². The van der Waals surface area contributed by atoms with E-state index in [1.54, 1.807) is 19.9 Å². The molecule has 0 aliphatic rings. The van der Waals surface area contributed by atoms with E-state index in [0.29, 0.717) is 17.0 Å². The zero-order valence-electron chi connectivity index (χ0n) is 12.0. The fourth-order valence-electron chi connectivity index (χ4n) is 1.76. The quantitative estimate of drug-likeness (QED) is 0.686. The molecule has 0 aliphatic heterocycles. The second kappa shape index (κ2) is 5.78. The fourth-order valence-corrected chi connectivity index (χ4v) is 1.76. The molecule has 0 bridgehead atoms. The SMILES string of the molecule is COC(=O)C(C)(C)NC(=O)/C=C/c1nc2ccccc2o1. The topological polar surface area (TPSA) is 81.4 Å². The van der Waals surface area contributed by atoms with Crippen LogP contribution in [0.3, 0.4) is 0 Å². The van der Waals surface area contributed by atoms with E-state index in [1.807, 2.05) is 18.2 Å². The molecule has 0 unspecified atom stereocenters. The zero-order valence-corrected chi connectivity index (χ0v) is 12.0. The lowest BCUT2D eigenvalue weighted by Crippen LogP contribution is -2.49. The molecule has 0 spiro atoms. The third-order valence-electron chi connectivity index (χ3n) is 2.82. The summed E-state index contributed by atoms with van der Waals surface area (Å²) in [6, 6.07) is 7.30. The molecular weight excluding hydrogens is 272 g/mol. The molecule has 2 aromatic rings. The third kappa shape index (κ3) is 3.47. The first-order chi connectivity index (χ1) is 9.92. The van der Waals surface area contributed by atoms with Crippen LogP contribution in [0.5, 0.6) is 0 Å². The number of para-hydroxylation sites is 2. The van der Waals surface area contributed by atoms with Crippen molar-refractivity contribution in [1.82, 2.24) is 10.3 Å². The highest BCUT2D eigenvalue weighted by Crippen LogP contribution is 2.15.